The van der Waals surface area contributed by atoms with Crippen molar-refractivity contribution in [3.8, 4) is 0 Å². The summed E-state index contributed by atoms with van der Waals surface area (Å²) in [5, 5.41) is 8.58. The molecule has 0 saturated carbocycles. The Hall–Kier alpha value is -0.790. The third-order valence-electron chi connectivity index (χ3n) is 1.53. The van der Waals surface area contributed by atoms with Crippen LogP contribution in [0.15, 0.2) is 11.6 Å². The fourth-order valence-electron chi connectivity index (χ4n) is 1.13. The van der Waals surface area contributed by atoms with Gasteiger partial charge < -0.3 is 5.11 Å². The number of hydrogen-bond donors (Lipinski definition) is 1. The second-order valence-electron chi connectivity index (χ2n) is 3.58. The standard InChI is InChI=1S/C10H17O2/c1-7(2)5-8(3)6-9(4)10(11)12/h6-7H,5H2,1-4H3,(H,11,12). The van der Waals surface area contributed by atoms with Crippen LogP contribution in [0.2, 0.25) is 0 Å². The lowest BCUT2D eigenvalue weighted by Gasteiger charge is -2.08. The summed E-state index contributed by atoms with van der Waals surface area (Å²) >= 11 is 0. The molecule has 2 nitrogen and oxygen atoms in total. The van der Waals surface area contributed by atoms with Crippen LogP contribution in [-0.4, -0.2) is 11.1 Å². The highest BCUT2D eigenvalue weighted by molar-refractivity contribution is 5.86. The lowest BCUT2D eigenvalue weighted by atomic mass is 9.97. The summed E-state index contributed by atoms with van der Waals surface area (Å²) in [7, 11) is 0. The van der Waals surface area contributed by atoms with E-state index in [1.807, 2.05) is 6.92 Å². The fourth-order valence-corrected chi connectivity index (χ4v) is 1.13. The Bertz CT molecular complexity index is 180. The van der Waals surface area contributed by atoms with Crippen LogP contribution in [0.25, 0.3) is 0 Å². The van der Waals surface area contributed by atoms with Crippen molar-refractivity contribution in [2.45, 2.75) is 34.1 Å². The second-order valence-corrected chi connectivity index (χ2v) is 3.58. The summed E-state index contributed by atoms with van der Waals surface area (Å²) in [6.07, 6.45) is 2.70. The Morgan fingerprint density at radius 1 is 1.42 bits per heavy atom. The van der Waals surface area contributed by atoms with Crippen LogP contribution in [0.1, 0.15) is 34.1 Å². The summed E-state index contributed by atoms with van der Waals surface area (Å²) in [4.78, 5) is 10.4. The predicted octanol–water partition coefficient (Wildman–Crippen LogP) is 2.66. The molecule has 0 aromatic rings. The Balaban J connectivity index is 4.05. The van der Waals surface area contributed by atoms with Crippen LogP contribution in [-0.2, 0) is 4.79 Å². The van der Waals surface area contributed by atoms with Crippen molar-refractivity contribution in [3.63, 3.8) is 0 Å². The van der Waals surface area contributed by atoms with Gasteiger partial charge in [-0.05, 0) is 25.2 Å². The van der Waals surface area contributed by atoms with E-state index in [0.717, 1.165) is 12.3 Å². The third-order valence-corrected chi connectivity index (χ3v) is 1.53. The first-order valence-corrected chi connectivity index (χ1v) is 4.17. The molecule has 0 heterocycles. The highest BCUT2D eigenvalue weighted by Crippen LogP contribution is 2.15. The molecule has 2 heteroatoms. The summed E-state index contributed by atoms with van der Waals surface area (Å²) in [6, 6.07) is 0. The van der Waals surface area contributed by atoms with E-state index in [1.165, 1.54) is 0 Å². The van der Waals surface area contributed by atoms with Gasteiger partial charge in [0.25, 0.3) is 0 Å². The van der Waals surface area contributed by atoms with Crippen LogP contribution in [0.3, 0.4) is 0 Å². The van der Waals surface area contributed by atoms with Crippen molar-refractivity contribution in [2.75, 3.05) is 0 Å². The van der Waals surface area contributed by atoms with Crippen molar-refractivity contribution >= 4 is 5.97 Å². The van der Waals surface area contributed by atoms with Crippen LogP contribution in [0.4, 0.5) is 0 Å². The van der Waals surface area contributed by atoms with E-state index >= 15 is 0 Å². The first kappa shape index (κ1) is 11.2. The van der Waals surface area contributed by atoms with Crippen LogP contribution in [0, 0.1) is 11.8 Å². The third kappa shape index (κ3) is 4.94. The van der Waals surface area contributed by atoms with Crippen LogP contribution < -0.4 is 0 Å². The van der Waals surface area contributed by atoms with E-state index in [0.29, 0.717) is 11.5 Å². The topological polar surface area (TPSA) is 37.3 Å². The van der Waals surface area contributed by atoms with Gasteiger partial charge in [-0.25, -0.2) is 4.79 Å². The van der Waals surface area contributed by atoms with E-state index < -0.39 is 5.97 Å². The molecule has 0 aliphatic rings. The minimum Gasteiger partial charge on any atom is -0.478 e. The van der Waals surface area contributed by atoms with Gasteiger partial charge in [-0.2, -0.15) is 0 Å². The first-order chi connectivity index (χ1) is 5.43. The van der Waals surface area contributed by atoms with Gasteiger partial charge in [-0.15, -0.1) is 0 Å². The molecular weight excluding hydrogens is 152 g/mol. The average Bonchev–Trinajstić information content (AvgIpc) is 1.84. The van der Waals surface area contributed by atoms with E-state index in [4.69, 9.17) is 5.11 Å². The average molecular weight is 169 g/mol. The number of carboxylic acid groups (broad SMARTS) is 1. The zero-order valence-corrected chi connectivity index (χ0v) is 8.22. The zero-order chi connectivity index (χ0) is 9.72. The van der Waals surface area contributed by atoms with E-state index in [-0.39, 0.29) is 0 Å². The van der Waals surface area contributed by atoms with Crippen molar-refractivity contribution in [1.29, 1.82) is 0 Å². The lowest BCUT2D eigenvalue weighted by molar-refractivity contribution is -0.132. The molecule has 0 amide bonds. The molecule has 0 bridgehead atoms. The molecule has 0 rings (SSSR count). The van der Waals surface area contributed by atoms with Crippen molar-refractivity contribution in [1.82, 2.24) is 0 Å². The Labute approximate surface area is 74.3 Å². The molecule has 0 aliphatic carbocycles. The smallest absolute Gasteiger partial charge is 0.330 e. The maximum absolute atomic E-state index is 10.4. The predicted molar refractivity (Wildman–Crippen MR) is 49.8 cm³/mol. The SMILES string of the molecule is C[C](C=C(C)C(=O)O)CC(C)C. The molecule has 1 radical (unpaired) electrons. The molecule has 69 valence electrons. The minimum atomic E-state index is -0.835. The number of hydrogen-bond acceptors (Lipinski definition) is 1. The molecule has 12 heavy (non-hydrogen) atoms. The highest BCUT2D eigenvalue weighted by Gasteiger charge is 2.06. The van der Waals surface area contributed by atoms with Crippen molar-refractivity contribution < 1.29 is 9.90 Å². The maximum Gasteiger partial charge on any atom is 0.330 e. The van der Waals surface area contributed by atoms with Crippen LogP contribution >= 0.6 is 0 Å². The lowest BCUT2D eigenvalue weighted by Crippen LogP contribution is -2.00. The second kappa shape index (κ2) is 4.96. The van der Waals surface area contributed by atoms with Crippen molar-refractivity contribution in [3.05, 3.63) is 17.6 Å². The Kier molecular flexibility index (Phi) is 4.64. The van der Waals surface area contributed by atoms with Gasteiger partial charge in [0.2, 0.25) is 0 Å². The van der Waals surface area contributed by atoms with E-state index in [9.17, 15) is 4.79 Å². The molecule has 0 fully saturated rings. The monoisotopic (exact) mass is 169 g/mol. The van der Waals surface area contributed by atoms with Gasteiger partial charge in [0.15, 0.2) is 0 Å². The Morgan fingerprint density at radius 3 is 2.25 bits per heavy atom. The fraction of sp³-hybridized carbons (Fsp3) is 0.600. The molecule has 0 saturated heterocycles. The number of aliphatic carboxylic acids is 1. The number of carboxylic acids is 1. The van der Waals surface area contributed by atoms with Gasteiger partial charge >= 0.3 is 5.97 Å². The number of rotatable bonds is 4. The van der Waals surface area contributed by atoms with Crippen LogP contribution in [0.5, 0.6) is 0 Å². The van der Waals surface area contributed by atoms with Gasteiger partial charge in [-0.1, -0.05) is 26.8 Å². The maximum atomic E-state index is 10.4. The molecule has 0 unspecified atom stereocenters. The number of carbonyl (C=O) groups is 1. The molecule has 0 aromatic carbocycles. The van der Waals surface area contributed by atoms with E-state index in [2.05, 4.69) is 13.8 Å². The minimum absolute atomic E-state index is 0.410. The summed E-state index contributed by atoms with van der Waals surface area (Å²) in [5.41, 5.74) is 0.410. The molecule has 1 N–H and O–H groups in total. The molecule has 0 aromatic heterocycles. The number of allylic oxidation sites excluding steroid dienone is 1. The summed E-state index contributed by atoms with van der Waals surface area (Å²) in [6.45, 7) is 7.82. The largest absolute Gasteiger partial charge is 0.478 e. The van der Waals surface area contributed by atoms with Gasteiger partial charge in [0.1, 0.15) is 0 Å². The van der Waals surface area contributed by atoms with Crippen molar-refractivity contribution in [2.24, 2.45) is 5.92 Å². The first-order valence-electron chi connectivity index (χ1n) is 4.17. The quantitative estimate of drug-likeness (QED) is 0.657. The molecule has 0 aliphatic heterocycles. The summed E-state index contributed by atoms with van der Waals surface area (Å²) < 4.78 is 0. The van der Waals surface area contributed by atoms with Gasteiger partial charge in [-0.3, -0.25) is 0 Å². The van der Waals surface area contributed by atoms with E-state index in [1.54, 1.807) is 13.0 Å². The Morgan fingerprint density at radius 2 is 1.92 bits per heavy atom. The normalized spacial score (nSPS) is 12.7. The molecular formula is C10H17O2. The van der Waals surface area contributed by atoms with Gasteiger partial charge in [0, 0.05) is 5.57 Å². The summed E-state index contributed by atoms with van der Waals surface area (Å²) in [5.74, 6) is 0.880. The highest BCUT2D eigenvalue weighted by atomic mass is 16.4. The molecule has 0 atom stereocenters. The molecule has 0 spiro atoms. The zero-order valence-electron chi connectivity index (χ0n) is 8.22. The van der Waals surface area contributed by atoms with Gasteiger partial charge in [0.05, 0.1) is 0 Å².